The van der Waals surface area contributed by atoms with Crippen LogP contribution in [0.4, 0.5) is 17.5 Å². The third-order valence-corrected chi connectivity index (χ3v) is 5.85. The van der Waals surface area contributed by atoms with Gasteiger partial charge in [-0.15, -0.1) is 0 Å². The Hall–Kier alpha value is -2.31. The molecule has 0 saturated heterocycles. The highest BCUT2D eigenvalue weighted by Gasteiger charge is 2.09. The van der Waals surface area contributed by atoms with Crippen LogP contribution < -0.4 is 10.6 Å². The lowest BCUT2D eigenvalue weighted by molar-refractivity contribution is 0.270. The molecule has 0 bridgehead atoms. The Morgan fingerprint density at radius 1 is 1.00 bits per heavy atom. The number of aromatic nitrogens is 3. The fourth-order valence-electron chi connectivity index (χ4n) is 2.69. The molecule has 0 amide bonds. The normalized spacial score (nSPS) is 10.9. The van der Waals surface area contributed by atoms with Gasteiger partial charge >= 0.3 is 0 Å². The molecular weight excluding hydrogens is 421 g/mol. The summed E-state index contributed by atoms with van der Waals surface area (Å²) >= 11 is 6.04. The first-order chi connectivity index (χ1) is 14.7. The number of benzene rings is 1. The number of hydrogen-bond donors (Lipinski definition) is 2. The number of anilines is 3. The first kappa shape index (κ1) is 22.4. The predicted octanol–water partition coefficient (Wildman–Crippen LogP) is 5.73. The molecule has 0 aliphatic rings. The van der Waals surface area contributed by atoms with Gasteiger partial charge in [-0.05, 0) is 50.2 Å². The maximum absolute atomic E-state index is 6.04. The number of nitrogens with zero attached hydrogens (tertiary/aromatic N) is 3. The molecule has 3 rings (SSSR count). The smallest absolute Gasteiger partial charge is 0.227 e. The van der Waals surface area contributed by atoms with Crippen molar-refractivity contribution >= 4 is 37.4 Å². The van der Waals surface area contributed by atoms with E-state index >= 15 is 0 Å². The zero-order valence-electron chi connectivity index (χ0n) is 17.0. The van der Waals surface area contributed by atoms with Crippen LogP contribution in [-0.4, -0.2) is 40.9 Å². The monoisotopic (exact) mass is 445 g/mol. The van der Waals surface area contributed by atoms with Crippen molar-refractivity contribution in [2.75, 3.05) is 36.6 Å². The van der Waals surface area contributed by atoms with Gasteiger partial charge in [0.25, 0.3) is 0 Å². The van der Waals surface area contributed by atoms with Crippen molar-refractivity contribution in [1.29, 1.82) is 0 Å². The van der Waals surface area contributed by atoms with Gasteiger partial charge in [0.15, 0.2) is 8.38 Å². The molecule has 0 aliphatic heterocycles. The Balaban J connectivity index is 1.65. The second-order valence-electron chi connectivity index (χ2n) is 6.15. The second kappa shape index (κ2) is 11.8. The zero-order chi connectivity index (χ0) is 21.2. The number of halogens is 1. The van der Waals surface area contributed by atoms with E-state index in [1.165, 1.54) is 0 Å². The van der Waals surface area contributed by atoms with Crippen LogP contribution >= 0.6 is 20.0 Å². The molecule has 9 heteroatoms. The fraction of sp³-hybridized carbons (Fsp3) is 0.286. The highest BCUT2D eigenvalue weighted by molar-refractivity contribution is 7.47. The summed E-state index contributed by atoms with van der Waals surface area (Å²) in [6, 6.07) is 13.2. The number of nitrogens with one attached hydrogen (secondary N) is 2. The van der Waals surface area contributed by atoms with Crippen molar-refractivity contribution in [1.82, 2.24) is 15.0 Å². The maximum atomic E-state index is 6.04. The van der Waals surface area contributed by atoms with Crippen molar-refractivity contribution in [3.8, 4) is 11.3 Å². The number of hydrogen-bond acceptors (Lipinski definition) is 7. The lowest BCUT2D eigenvalue weighted by Crippen LogP contribution is -2.09. The Kier molecular flexibility index (Phi) is 8.78. The molecule has 2 N–H and O–H groups in total. The van der Waals surface area contributed by atoms with Crippen molar-refractivity contribution in [3.63, 3.8) is 0 Å². The van der Waals surface area contributed by atoms with Gasteiger partial charge < -0.3 is 19.7 Å². The summed E-state index contributed by atoms with van der Waals surface area (Å²) < 4.78 is 11.3. The molecule has 0 radical (unpaired) electrons. The molecule has 0 spiro atoms. The molecule has 2 heterocycles. The van der Waals surface area contributed by atoms with Gasteiger partial charge in [-0.25, -0.2) is 15.0 Å². The van der Waals surface area contributed by atoms with Crippen LogP contribution in [0, 0.1) is 0 Å². The van der Waals surface area contributed by atoms with E-state index in [2.05, 4.69) is 25.6 Å². The zero-order valence-corrected chi connectivity index (χ0v) is 18.7. The summed E-state index contributed by atoms with van der Waals surface area (Å²) in [5, 5.41) is 7.16. The molecule has 30 heavy (non-hydrogen) atoms. The van der Waals surface area contributed by atoms with E-state index in [0.717, 1.165) is 28.9 Å². The summed E-state index contributed by atoms with van der Waals surface area (Å²) in [6.45, 7) is 5.97. The van der Waals surface area contributed by atoms with Crippen LogP contribution in [0.2, 0.25) is 5.02 Å². The standard InChI is InChI=1S/C21H25ClN5O2P/c1-3-28-30(29-4-2)13-12-24-20-14-16(8-10-23-20)19-9-11-25-21(27-19)26-18-7-5-6-17(22)15-18/h5-11,14-15H,3-4,12-13H2,1-2H3,(H,23,24)(H,25,26,27). The lowest BCUT2D eigenvalue weighted by atomic mass is 10.2. The van der Waals surface area contributed by atoms with Crippen LogP contribution in [0.1, 0.15) is 13.8 Å². The van der Waals surface area contributed by atoms with Crippen molar-refractivity contribution < 1.29 is 9.05 Å². The minimum Gasteiger partial charge on any atom is -0.370 e. The molecule has 2 aromatic heterocycles. The van der Waals surface area contributed by atoms with Crippen LogP contribution in [-0.2, 0) is 9.05 Å². The van der Waals surface area contributed by atoms with Crippen LogP contribution in [0.15, 0.2) is 54.9 Å². The highest BCUT2D eigenvalue weighted by Crippen LogP contribution is 2.37. The molecule has 1 aromatic carbocycles. The average molecular weight is 446 g/mol. The summed E-state index contributed by atoms with van der Waals surface area (Å²) in [7, 11) is -0.868. The SMILES string of the molecule is CCOP(CCNc1cc(-c2ccnc(Nc3cccc(Cl)c3)n2)ccn1)OCC. The Morgan fingerprint density at radius 2 is 1.80 bits per heavy atom. The molecular formula is C21H25ClN5O2P. The molecule has 158 valence electrons. The lowest BCUT2D eigenvalue weighted by Gasteiger charge is -2.16. The Morgan fingerprint density at radius 3 is 2.57 bits per heavy atom. The summed E-state index contributed by atoms with van der Waals surface area (Å²) in [5.41, 5.74) is 2.57. The summed E-state index contributed by atoms with van der Waals surface area (Å²) in [5.74, 6) is 1.28. The quantitative estimate of drug-likeness (QED) is 0.364. The molecule has 7 nitrogen and oxygen atoms in total. The van der Waals surface area contributed by atoms with Gasteiger partial charge in [0, 0.05) is 41.4 Å². The van der Waals surface area contributed by atoms with Gasteiger partial charge in [0.2, 0.25) is 5.95 Å². The van der Waals surface area contributed by atoms with Crippen molar-refractivity contribution in [2.24, 2.45) is 0 Å². The molecule has 0 atom stereocenters. The van der Waals surface area contributed by atoms with Gasteiger partial charge in [-0.3, -0.25) is 0 Å². The molecule has 0 unspecified atom stereocenters. The van der Waals surface area contributed by atoms with Crippen LogP contribution in [0.3, 0.4) is 0 Å². The van der Waals surface area contributed by atoms with Gasteiger partial charge in [0.1, 0.15) is 5.82 Å². The summed E-state index contributed by atoms with van der Waals surface area (Å²) in [4.78, 5) is 13.3. The van der Waals surface area contributed by atoms with Gasteiger partial charge in [-0.1, -0.05) is 17.7 Å². The largest absolute Gasteiger partial charge is 0.370 e. The van der Waals surface area contributed by atoms with E-state index in [1.54, 1.807) is 12.4 Å². The first-order valence-electron chi connectivity index (χ1n) is 9.77. The van der Waals surface area contributed by atoms with Crippen molar-refractivity contribution in [2.45, 2.75) is 13.8 Å². The van der Waals surface area contributed by atoms with E-state index in [4.69, 9.17) is 20.6 Å². The molecule has 0 saturated carbocycles. The highest BCUT2D eigenvalue weighted by atomic mass is 35.5. The first-order valence-corrected chi connectivity index (χ1v) is 11.5. The second-order valence-corrected chi connectivity index (χ2v) is 8.21. The van der Waals surface area contributed by atoms with Gasteiger partial charge in [0.05, 0.1) is 18.9 Å². The maximum Gasteiger partial charge on any atom is 0.227 e. The van der Waals surface area contributed by atoms with Crippen molar-refractivity contribution in [3.05, 3.63) is 59.9 Å². The Labute approximate surface area is 183 Å². The number of pyridine rings is 1. The fourth-order valence-corrected chi connectivity index (χ4v) is 4.08. The predicted molar refractivity (Wildman–Crippen MR) is 124 cm³/mol. The molecule has 3 aromatic rings. The van der Waals surface area contributed by atoms with E-state index < -0.39 is 8.38 Å². The summed E-state index contributed by atoms with van der Waals surface area (Å²) in [6.07, 6.45) is 4.28. The molecule has 0 fully saturated rings. The number of rotatable bonds is 11. The van der Waals surface area contributed by atoms with Crippen LogP contribution in [0.25, 0.3) is 11.3 Å². The minimum atomic E-state index is -0.868. The topological polar surface area (TPSA) is 81.2 Å². The van der Waals surface area contributed by atoms with Gasteiger partial charge in [-0.2, -0.15) is 0 Å². The Bertz CT molecular complexity index is 941. The van der Waals surface area contributed by atoms with E-state index in [0.29, 0.717) is 30.7 Å². The minimum absolute atomic E-state index is 0.500. The third kappa shape index (κ3) is 6.89. The van der Waals surface area contributed by atoms with E-state index in [9.17, 15) is 0 Å². The van der Waals surface area contributed by atoms with E-state index in [-0.39, 0.29) is 0 Å². The van der Waals surface area contributed by atoms with Crippen LogP contribution in [0.5, 0.6) is 0 Å². The average Bonchev–Trinajstić information content (AvgIpc) is 2.75. The molecule has 0 aliphatic carbocycles. The third-order valence-electron chi connectivity index (χ3n) is 3.94. The van der Waals surface area contributed by atoms with E-state index in [1.807, 2.05) is 56.3 Å².